The number of aliphatic hydroxyl groups excluding tert-OH is 2. The van der Waals surface area contributed by atoms with Gasteiger partial charge in [-0.2, -0.15) is 0 Å². The second-order valence-electron chi connectivity index (χ2n) is 5.14. The van der Waals surface area contributed by atoms with Crippen molar-refractivity contribution in [2.24, 2.45) is 0 Å². The van der Waals surface area contributed by atoms with E-state index < -0.39 is 41.9 Å². The molecule has 0 saturated carbocycles. The highest BCUT2D eigenvalue weighted by atomic mass is 16.6. The summed E-state index contributed by atoms with van der Waals surface area (Å²) in [6.07, 6.45) is -2.23. The fraction of sp³-hybridized carbons (Fsp3) is 0.545. The van der Waals surface area contributed by atoms with Crippen LogP contribution in [0.4, 0.5) is 0 Å². The summed E-state index contributed by atoms with van der Waals surface area (Å²) in [4.78, 5) is 31.3. The predicted molar refractivity (Wildman–Crippen MR) is 68.6 cm³/mol. The molecule has 0 aromatic carbocycles. The highest BCUT2D eigenvalue weighted by Crippen LogP contribution is 2.38. The third-order valence-electron chi connectivity index (χ3n) is 3.66. The summed E-state index contributed by atoms with van der Waals surface area (Å²) in [6, 6.07) is 0. The quantitative estimate of drug-likeness (QED) is 0.408. The molecule has 0 aliphatic carbocycles. The van der Waals surface area contributed by atoms with Crippen LogP contribution >= 0.6 is 0 Å². The predicted octanol–water partition coefficient (Wildman–Crippen LogP) is -2.59. The topological polar surface area (TPSA) is 153 Å². The second kappa shape index (κ2) is 4.49. The van der Waals surface area contributed by atoms with E-state index in [1.165, 1.54) is 17.8 Å². The summed E-state index contributed by atoms with van der Waals surface area (Å²) < 4.78 is 6.65. The zero-order valence-corrected chi connectivity index (χ0v) is 11.0. The Balaban J connectivity index is 2.17. The van der Waals surface area contributed by atoms with E-state index in [-0.39, 0.29) is 11.2 Å². The van der Waals surface area contributed by atoms with Crippen LogP contribution in [0.5, 0.6) is 0 Å². The molecule has 10 heteroatoms. The maximum Gasteiger partial charge on any atom is 0.327 e. The van der Waals surface area contributed by atoms with Crippen LogP contribution in [-0.2, 0) is 4.74 Å². The maximum absolute atomic E-state index is 11.6. The van der Waals surface area contributed by atoms with Gasteiger partial charge in [0, 0.05) is 0 Å². The SMILES string of the molecule is CC1(O)[C@@H](O)[C@@H](CO)O[C@H]1n1cnc2c(=O)[nH]c(=O)[nH]c21. The minimum Gasteiger partial charge on any atom is -0.394 e. The molecule has 4 atom stereocenters. The number of aromatic amines is 2. The van der Waals surface area contributed by atoms with Crippen molar-refractivity contribution in [1.82, 2.24) is 19.5 Å². The van der Waals surface area contributed by atoms with Crippen LogP contribution in [0.2, 0.25) is 0 Å². The minimum atomic E-state index is -1.74. The first kappa shape index (κ1) is 13.9. The van der Waals surface area contributed by atoms with E-state index >= 15 is 0 Å². The zero-order chi connectivity index (χ0) is 15.4. The average Bonchev–Trinajstić information content (AvgIpc) is 2.91. The Morgan fingerprint density at radius 3 is 2.81 bits per heavy atom. The Morgan fingerprint density at radius 1 is 1.48 bits per heavy atom. The fourth-order valence-corrected chi connectivity index (χ4v) is 2.52. The number of nitrogens with zero attached hydrogens (tertiary/aromatic N) is 2. The Morgan fingerprint density at radius 2 is 2.19 bits per heavy atom. The molecular weight excluding hydrogens is 284 g/mol. The van der Waals surface area contributed by atoms with Crippen molar-refractivity contribution in [3.63, 3.8) is 0 Å². The fourth-order valence-electron chi connectivity index (χ4n) is 2.52. The lowest BCUT2D eigenvalue weighted by atomic mass is 9.96. The highest BCUT2D eigenvalue weighted by Gasteiger charge is 2.53. The van der Waals surface area contributed by atoms with E-state index in [0.717, 1.165) is 0 Å². The van der Waals surface area contributed by atoms with Gasteiger partial charge in [-0.25, -0.2) is 9.78 Å². The van der Waals surface area contributed by atoms with Gasteiger partial charge in [-0.15, -0.1) is 0 Å². The molecule has 114 valence electrons. The van der Waals surface area contributed by atoms with Gasteiger partial charge in [-0.05, 0) is 6.92 Å². The average molecular weight is 298 g/mol. The van der Waals surface area contributed by atoms with Crippen molar-refractivity contribution >= 4 is 11.2 Å². The number of ether oxygens (including phenoxy) is 1. The number of fused-ring (bicyclic) bond motifs is 1. The molecule has 1 aliphatic heterocycles. The van der Waals surface area contributed by atoms with Crippen molar-refractivity contribution in [2.45, 2.75) is 31.0 Å². The second-order valence-corrected chi connectivity index (χ2v) is 5.14. The number of hydrogen-bond acceptors (Lipinski definition) is 7. The van der Waals surface area contributed by atoms with E-state index in [1.807, 2.05) is 4.98 Å². The number of hydrogen-bond donors (Lipinski definition) is 5. The zero-order valence-electron chi connectivity index (χ0n) is 11.0. The van der Waals surface area contributed by atoms with Gasteiger partial charge in [-0.1, -0.05) is 0 Å². The van der Waals surface area contributed by atoms with E-state index in [9.17, 15) is 19.8 Å². The first-order chi connectivity index (χ1) is 9.86. The number of aromatic nitrogens is 4. The number of aliphatic hydroxyl groups is 3. The van der Waals surface area contributed by atoms with E-state index in [4.69, 9.17) is 9.84 Å². The van der Waals surface area contributed by atoms with Gasteiger partial charge in [0.15, 0.2) is 11.7 Å². The van der Waals surface area contributed by atoms with Crippen LogP contribution in [-0.4, -0.2) is 59.3 Å². The van der Waals surface area contributed by atoms with Gasteiger partial charge >= 0.3 is 5.69 Å². The van der Waals surface area contributed by atoms with Crippen molar-refractivity contribution in [3.8, 4) is 0 Å². The number of imidazole rings is 1. The van der Waals surface area contributed by atoms with Crippen molar-refractivity contribution in [2.75, 3.05) is 6.61 Å². The Hall–Kier alpha value is -2.01. The van der Waals surface area contributed by atoms with Crippen LogP contribution in [0.1, 0.15) is 13.2 Å². The van der Waals surface area contributed by atoms with Crippen LogP contribution in [0.15, 0.2) is 15.9 Å². The summed E-state index contributed by atoms with van der Waals surface area (Å²) in [5.74, 6) is 0. The van der Waals surface area contributed by atoms with Crippen LogP contribution < -0.4 is 11.2 Å². The molecule has 2 aromatic rings. The van der Waals surface area contributed by atoms with Gasteiger partial charge in [0.25, 0.3) is 5.56 Å². The first-order valence-electron chi connectivity index (χ1n) is 6.22. The van der Waals surface area contributed by atoms with Crippen LogP contribution in [0, 0.1) is 0 Å². The first-order valence-corrected chi connectivity index (χ1v) is 6.22. The number of nitrogens with one attached hydrogen (secondary N) is 2. The standard InChI is InChI=1S/C11H14N4O6/c1-11(20)6(17)4(2-16)21-9(11)15-3-12-5-7(15)13-10(19)14-8(5)18/h3-4,6,9,16-17,20H,2H2,1H3,(H2,13,14,18,19)/t4-,6+,9-,11?/m1/s1. The van der Waals surface area contributed by atoms with E-state index in [1.54, 1.807) is 0 Å². The van der Waals surface area contributed by atoms with Gasteiger partial charge < -0.3 is 20.1 Å². The molecule has 21 heavy (non-hydrogen) atoms. The molecule has 10 nitrogen and oxygen atoms in total. The Bertz CT molecular complexity index is 790. The van der Waals surface area contributed by atoms with E-state index in [0.29, 0.717) is 0 Å². The molecule has 2 aromatic heterocycles. The smallest absolute Gasteiger partial charge is 0.327 e. The number of H-pyrrole nitrogens is 2. The van der Waals surface area contributed by atoms with Crippen molar-refractivity contribution in [1.29, 1.82) is 0 Å². The summed E-state index contributed by atoms with van der Waals surface area (Å²) in [6.45, 7) is 0.840. The van der Waals surface area contributed by atoms with E-state index in [2.05, 4.69) is 9.97 Å². The summed E-state index contributed by atoms with van der Waals surface area (Å²) in [7, 11) is 0. The maximum atomic E-state index is 11.6. The van der Waals surface area contributed by atoms with Crippen molar-refractivity contribution < 1.29 is 20.1 Å². The molecule has 3 heterocycles. The molecule has 0 bridgehead atoms. The normalized spacial score (nSPS) is 32.9. The molecule has 1 fully saturated rings. The third kappa shape index (κ3) is 1.92. The van der Waals surface area contributed by atoms with Gasteiger partial charge in [0.2, 0.25) is 0 Å². The number of rotatable bonds is 2. The molecule has 0 radical (unpaired) electrons. The molecule has 1 saturated heterocycles. The molecule has 0 spiro atoms. The van der Waals surface area contributed by atoms with Crippen LogP contribution in [0.25, 0.3) is 11.2 Å². The monoisotopic (exact) mass is 298 g/mol. The largest absolute Gasteiger partial charge is 0.394 e. The lowest BCUT2D eigenvalue weighted by molar-refractivity contribution is -0.0950. The van der Waals surface area contributed by atoms with Gasteiger partial charge in [0.1, 0.15) is 23.5 Å². The lowest BCUT2D eigenvalue weighted by Crippen LogP contribution is -2.44. The minimum absolute atomic E-state index is 0.0315. The van der Waals surface area contributed by atoms with Gasteiger partial charge in [-0.3, -0.25) is 19.3 Å². The lowest BCUT2D eigenvalue weighted by Gasteiger charge is -2.27. The third-order valence-corrected chi connectivity index (χ3v) is 3.66. The Labute approximate surface area is 116 Å². The molecular formula is C11H14N4O6. The van der Waals surface area contributed by atoms with Gasteiger partial charge in [0.05, 0.1) is 12.9 Å². The molecule has 5 N–H and O–H groups in total. The summed E-state index contributed by atoms with van der Waals surface area (Å²) >= 11 is 0. The Kier molecular flexibility index (Phi) is 2.99. The highest BCUT2D eigenvalue weighted by molar-refractivity contribution is 5.68. The summed E-state index contributed by atoms with van der Waals surface area (Å²) in [5, 5.41) is 29.5. The molecule has 1 unspecified atom stereocenters. The molecule has 1 aliphatic rings. The molecule has 3 rings (SSSR count). The van der Waals surface area contributed by atoms with Crippen molar-refractivity contribution in [3.05, 3.63) is 27.2 Å². The molecule has 0 amide bonds. The van der Waals surface area contributed by atoms with Crippen LogP contribution in [0.3, 0.4) is 0 Å². The summed E-state index contributed by atoms with van der Waals surface area (Å²) in [5.41, 5.74) is -3.12.